The first kappa shape index (κ1) is 17.7. The number of fused-ring (bicyclic) bond motifs is 1. The zero-order chi connectivity index (χ0) is 18.5. The fourth-order valence-corrected chi connectivity index (χ4v) is 2.96. The maximum absolute atomic E-state index is 12.3. The molecule has 6 nitrogen and oxygen atoms in total. The Morgan fingerprint density at radius 3 is 2.46 bits per heavy atom. The first-order valence-corrected chi connectivity index (χ1v) is 8.42. The number of nitrogens with one attached hydrogen (secondary N) is 2. The van der Waals surface area contributed by atoms with Crippen LogP contribution in [0.1, 0.15) is 11.1 Å². The van der Waals surface area contributed by atoms with Gasteiger partial charge in [0.25, 0.3) is 0 Å². The van der Waals surface area contributed by atoms with Crippen LogP contribution in [-0.2, 0) is 22.4 Å². The first-order chi connectivity index (χ1) is 12.5. The van der Waals surface area contributed by atoms with Gasteiger partial charge in [-0.2, -0.15) is 0 Å². The third kappa shape index (κ3) is 4.10. The smallest absolute Gasteiger partial charge is 0.326 e. The van der Waals surface area contributed by atoms with Gasteiger partial charge in [-0.05, 0) is 23.6 Å². The molecule has 3 aromatic rings. The minimum absolute atomic E-state index is 0.184. The fourth-order valence-electron chi connectivity index (χ4n) is 2.96. The number of nitrogens with two attached hydrogens (primary N) is 1. The van der Waals surface area contributed by atoms with Crippen molar-refractivity contribution in [2.45, 2.75) is 24.9 Å². The monoisotopic (exact) mass is 351 g/mol. The number of para-hydroxylation sites is 1. The fraction of sp³-hybridized carbons (Fsp3) is 0.200. The van der Waals surface area contributed by atoms with Gasteiger partial charge in [-0.15, -0.1) is 0 Å². The number of aromatic amines is 1. The Hall–Kier alpha value is -3.12. The second-order valence-electron chi connectivity index (χ2n) is 6.26. The molecule has 0 saturated carbocycles. The van der Waals surface area contributed by atoms with Crippen LogP contribution in [0.2, 0.25) is 0 Å². The lowest BCUT2D eigenvalue weighted by atomic mass is 10.0. The molecule has 0 unspecified atom stereocenters. The van der Waals surface area contributed by atoms with Gasteiger partial charge >= 0.3 is 5.97 Å². The summed E-state index contributed by atoms with van der Waals surface area (Å²) in [6.45, 7) is 0. The molecule has 1 amide bonds. The van der Waals surface area contributed by atoms with Crippen LogP contribution in [0.4, 0.5) is 0 Å². The predicted molar refractivity (Wildman–Crippen MR) is 99.7 cm³/mol. The second kappa shape index (κ2) is 7.84. The molecule has 134 valence electrons. The Balaban J connectivity index is 1.68. The number of benzene rings is 2. The van der Waals surface area contributed by atoms with Crippen LogP contribution in [0.3, 0.4) is 0 Å². The Labute approximate surface area is 151 Å². The molecule has 2 aromatic carbocycles. The van der Waals surface area contributed by atoms with Crippen molar-refractivity contribution in [3.05, 3.63) is 71.9 Å². The SMILES string of the molecule is N[C@H](Cc1ccccc1)C(=O)N[C@H](Cc1c[nH]c2ccccc12)C(=O)O. The molecule has 0 radical (unpaired) electrons. The highest BCUT2D eigenvalue weighted by Gasteiger charge is 2.24. The van der Waals surface area contributed by atoms with Crippen LogP contribution in [0.25, 0.3) is 10.9 Å². The van der Waals surface area contributed by atoms with Crippen molar-refractivity contribution in [2.75, 3.05) is 0 Å². The van der Waals surface area contributed by atoms with Crippen molar-refractivity contribution < 1.29 is 14.7 Å². The largest absolute Gasteiger partial charge is 0.480 e. The number of carboxylic acids is 1. The van der Waals surface area contributed by atoms with Crippen molar-refractivity contribution >= 4 is 22.8 Å². The maximum atomic E-state index is 12.3. The van der Waals surface area contributed by atoms with E-state index < -0.39 is 24.0 Å². The van der Waals surface area contributed by atoms with Crippen molar-refractivity contribution in [1.29, 1.82) is 0 Å². The molecule has 0 saturated heterocycles. The van der Waals surface area contributed by atoms with Gasteiger partial charge in [-0.3, -0.25) is 4.79 Å². The van der Waals surface area contributed by atoms with Crippen molar-refractivity contribution in [3.63, 3.8) is 0 Å². The van der Waals surface area contributed by atoms with E-state index in [2.05, 4.69) is 10.3 Å². The van der Waals surface area contributed by atoms with Crippen LogP contribution in [0.15, 0.2) is 60.8 Å². The molecule has 0 spiro atoms. The summed E-state index contributed by atoms with van der Waals surface area (Å²) < 4.78 is 0. The number of H-pyrrole nitrogens is 1. The normalized spacial score (nSPS) is 13.3. The Morgan fingerprint density at radius 2 is 1.73 bits per heavy atom. The van der Waals surface area contributed by atoms with E-state index in [9.17, 15) is 14.7 Å². The number of aromatic nitrogens is 1. The van der Waals surface area contributed by atoms with E-state index >= 15 is 0 Å². The van der Waals surface area contributed by atoms with Crippen molar-refractivity contribution in [3.8, 4) is 0 Å². The number of carboxylic acid groups (broad SMARTS) is 1. The zero-order valence-corrected chi connectivity index (χ0v) is 14.2. The quantitative estimate of drug-likeness (QED) is 0.521. The molecule has 0 aliphatic heterocycles. The van der Waals surface area contributed by atoms with Gasteiger partial charge < -0.3 is 21.1 Å². The molecule has 6 heteroatoms. The average molecular weight is 351 g/mol. The summed E-state index contributed by atoms with van der Waals surface area (Å²) in [5, 5.41) is 13.0. The van der Waals surface area contributed by atoms with Gasteiger partial charge in [0.05, 0.1) is 6.04 Å². The van der Waals surface area contributed by atoms with E-state index in [0.717, 1.165) is 22.0 Å². The molecular weight excluding hydrogens is 330 g/mol. The van der Waals surface area contributed by atoms with E-state index in [1.54, 1.807) is 6.20 Å². The lowest BCUT2D eigenvalue weighted by Gasteiger charge is -2.18. The molecule has 26 heavy (non-hydrogen) atoms. The highest BCUT2D eigenvalue weighted by atomic mass is 16.4. The second-order valence-corrected chi connectivity index (χ2v) is 6.26. The molecule has 0 bridgehead atoms. The van der Waals surface area contributed by atoms with Crippen LogP contribution in [0.5, 0.6) is 0 Å². The maximum Gasteiger partial charge on any atom is 0.326 e. The molecule has 0 aliphatic carbocycles. The molecule has 1 heterocycles. The lowest BCUT2D eigenvalue weighted by molar-refractivity contribution is -0.141. The Kier molecular flexibility index (Phi) is 5.34. The molecular formula is C20H21N3O3. The Bertz CT molecular complexity index is 905. The standard InChI is InChI=1S/C20H21N3O3/c21-16(10-13-6-2-1-3-7-13)19(24)23-18(20(25)26)11-14-12-22-17-9-5-4-8-15(14)17/h1-9,12,16,18,22H,10-11,21H2,(H,23,24)(H,25,26)/t16-,18-/m1/s1. The average Bonchev–Trinajstić information content (AvgIpc) is 3.05. The van der Waals surface area contributed by atoms with Gasteiger partial charge in [-0.25, -0.2) is 4.79 Å². The predicted octanol–water partition coefficient (Wildman–Crippen LogP) is 1.85. The summed E-state index contributed by atoms with van der Waals surface area (Å²) in [4.78, 5) is 27.1. The summed E-state index contributed by atoms with van der Waals surface area (Å²) in [6.07, 6.45) is 2.31. The van der Waals surface area contributed by atoms with Crippen LogP contribution in [0, 0.1) is 0 Å². The number of hydrogen-bond donors (Lipinski definition) is 4. The van der Waals surface area contributed by atoms with Gasteiger partial charge in [0.2, 0.25) is 5.91 Å². The molecule has 1 aromatic heterocycles. The van der Waals surface area contributed by atoms with Gasteiger partial charge in [-0.1, -0.05) is 48.5 Å². The first-order valence-electron chi connectivity index (χ1n) is 8.42. The molecule has 3 rings (SSSR count). The van der Waals surface area contributed by atoms with Gasteiger partial charge in [0, 0.05) is 23.5 Å². The molecule has 0 fully saturated rings. The lowest BCUT2D eigenvalue weighted by Crippen LogP contribution is -2.50. The third-order valence-corrected chi connectivity index (χ3v) is 4.35. The number of rotatable bonds is 7. The molecule has 5 N–H and O–H groups in total. The number of amides is 1. The number of hydrogen-bond acceptors (Lipinski definition) is 3. The van der Waals surface area contributed by atoms with E-state index in [0.29, 0.717) is 6.42 Å². The van der Waals surface area contributed by atoms with Crippen LogP contribution >= 0.6 is 0 Å². The summed E-state index contributed by atoms with van der Waals surface area (Å²) in [6, 6.07) is 15.2. The minimum atomic E-state index is -1.09. The summed E-state index contributed by atoms with van der Waals surface area (Å²) in [5.41, 5.74) is 8.65. The van der Waals surface area contributed by atoms with E-state index in [1.165, 1.54) is 0 Å². The zero-order valence-electron chi connectivity index (χ0n) is 14.2. The van der Waals surface area contributed by atoms with Crippen LogP contribution < -0.4 is 11.1 Å². The summed E-state index contributed by atoms with van der Waals surface area (Å²) >= 11 is 0. The van der Waals surface area contributed by atoms with E-state index in [-0.39, 0.29) is 6.42 Å². The van der Waals surface area contributed by atoms with E-state index in [1.807, 2.05) is 54.6 Å². The van der Waals surface area contributed by atoms with Crippen molar-refractivity contribution in [1.82, 2.24) is 10.3 Å². The van der Waals surface area contributed by atoms with Crippen molar-refractivity contribution in [2.24, 2.45) is 5.73 Å². The minimum Gasteiger partial charge on any atom is -0.480 e. The van der Waals surface area contributed by atoms with Gasteiger partial charge in [0.15, 0.2) is 0 Å². The van der Waals surface area contributed by atoms with E-state index in [4.69, 9.17) is 5.73 Å². The van der Waals surface area contributed by atoms with Gasteiger partial charge in [0.1, 0.15) is 6.04 Å². The molecule has 2 atom stereocenters. The Morgan fingerprint density at radius 1 is 1.04 bits per heavy atom. The number of carbonyl (C=O) groups excluding carboxylic acids is 1. The topological polar surface area (TPSA) is 108 Å². The number of aliphatic carboxylic acids is 1. The third-order valence-electron chi connectivity index (χ3n) is 4.35. The number of carbonyl (C=O) groups is 2. The summed E-state index contributed by atoms with van der Waals surface area (Å²) in [7, 11) is 0. The van der Waals surface area contributed by atoms with Crippen LogP contribution in [-0.4, -0.2) is 34.1 Å². The molecule has 0 aliphatic rings. The summed E-state index contributed by atoms with van der Waals surface area (Å²) in [5.74, 6) is -1.56. The highest BCUT2D eigenvalue weighted by molar-refractivity contribution is 5.88. The highest BCUT2D eigenvalue weighted by Crippen LogP contribution is 2.19.